The topological polar surface area (TPSA) is 35.5 Å². The first-order chi connectivity index (χ1) is 12.6. The SMILES string of the molecule is CCCCCCCCCc1ccccc1OP(=O)(Cl)Oc1ccccc1. The Morgan fingerprint density at radius 3 is 2.15 bits per heavy atom. The fourth-order valence-corrected chi connectivity index (χ4v) is 4.10. The number of halogens is 1. The number of benzene rings is 2. The highest BCUT2D eigenvalue weighted by molar-refractivity contribution is 7.82. The fraction of sp³-hybridized carbons (Fsp3) is 0.429. The van der Waals surface area contributed by atoms with Crippen molar-refractivity contribution >= 4 is 18.2 Å². The van der Waals surface area contributed by atoms with E-state index in [9.17, 15) is 4.57 Å². The second-order valence-corrected chi connectivity index (χ2v) is 8.87. The molecule has 0 saturated carbocycles. The summed E-state index contributed by atoms with van der Waals surface area (Å²) < 4.78 is 23.4. The lowest BCUT2D eigenvalue weighted by molar-refractivity contribution is 0.404. The Labute approximate surface area is 162 Å². The van der Waals surface area contributed by atoms with Gasteiger partial charge in [0.1, 0.15) is 11.5 Å². The zero-order valence-corrected chi connectivity index (χ0v) is 17.1. The first-order valence-electron chi connectivity index (χ1n) is 9.42. The van der Waals surface area contributed by atoms with Gasteiger partial charge in [-0.3, -0.25) is 0 Å². The molecule has 1 atom stereocenters. The smallest absolute Gasteiger partial charge is 0.405 e. The van der Waals surface area contributed by atoms with Crippen molar-refractivity contribution in [3.63, 3.8) is 0 Å². The van der Waals surface area contributed by atoms with Gasteiger partial charge in [0, 0.05) is 11.2 Å². The van der Waals surface area contributed by atoms with Crippen LogP contribution in [0.4, 0.5) is 0 Å². The second-order valence-electron chi connectivity index (χ2n) is 6.41. The van der Waals surface area contributed by atoms with Crippen LogP contribution in [0.5, 0.6) is 11.5 Å². The minimum atomic E-state index is -3.75. The molecule has 2 rings (SSSR count). The number of para-hydroxylation sites is 2. The highest BCUT2D eigenvalue weighted by atomic mass is 35.7. The van der Waals surface area contributed by atoms with Crippen LogP contribution in [-0.2, 0) is 11.0 Å². The molecule has 0 amide bonds. The Morgan fingerprint density at radius 2 is 1.42 bits per heavy atom. The van der Waals surface area contributed by atoms with Gasteiger partial charge in [-0.2, -0.15) is 0 Å². The summed E-state index contributed by atoms with van der Waals surface area (Å²) in [7, 11) is 0. The zero-order valence-electron chi connectivity index (χ0n) is 15.4. The van der Waals surface area contributed by atoms with Gasteiger partial charge < -0.3 is 9.05 Å². The fourth-order valence-electron chi connectivity index (χ4n) is 2.82. The van der Waals surface area contributed by atoms with E-state index in [2.05, 4.69) is 6.92 Å². The monoisotopic (exact) mass is 394 g/mol. The van der Waals surface area contributed by atoms with Crippen molar-refractivity contribution in [2.24, 2.45) is 0 Å². The van der Waals surface area contributed by atoms with Crippen LogP contribution in [0.3, 0.4) is 0 Å². The summed E-state index contributed by atoms with van der Waals surface area (Å²) in [4.78, 5) is 0. The molecule has 0 aromatic heterocycles. The molecule has 0 bridgehead atoms. The van der Waals surface area contributed by atoms with Crippen molar-refractivity contribution in [1.29, 1.82) is 0 Å². The number of hydrogen-bond acceptors (Lipinski definition) is 3. The molecule has 0 fully saturated rings. The molecular formula is C21H28ClO3P. The van der Waals surface area contributed by atoms with Crippen LogP contribution < -0.4 is 9.05 Å². The quantitative estimate of drug-likeness (QED) is 0.272. The first-order valence-corrected chi connectivity index (χ1v) is 11.9. The lowest BCUT2D eigenvalue weighted by Crippen LogP contribution is -1.98. The molecule has 0 heterocycles. The van der Waals surface area contributed by atoms with E-state index < -0.39 is 6.95 Å². The molecule has 5 heteroatoms. The molecule has 0 spiro atoms. The van der Waals surface area contributed by atoms with E-state index in [-0.39, 0.29) is 0 Å². The third-order valence-electron chi connectivity index (χ3n) is 4.19. The molecule has 0 aliphatic rings. The molecule has 1 unspecified atom stereocenters. The van der Waals surface area contributed by atoms with Crippen LogP contribution in [0.15, 0.2) is 54.6 Å². The molecule has 26 heavy (non-hydrogen) atoms. The van der Waals surface area contributed by atoms with Crippen molar-refractivity contribution in [3.8, 4) is 11.5 Å². The summed E-state index contributed by atoms with van der Waals surface area (Å²) in [5, 5.41) is 0. The predicted octanol–water partition coefficient (Wildman–Crippen LogP) is 7.78. The van der Waals surface area contributed by atoms with Gasteiger partial charge in [0.05, 0.1) is 0 Å². The van der Waals surface area contributed by atoms with Crippen LogP contribution in [-0.4, -0.2) is 0 Å². The molecule has 2 aromatic rings. The maximum Gasteiger partial charge on any atom is 0.530 e. The van der Waals surface area contributed by atoms with Gasteiger partial charge in [0.25, 0.3) is 0 Å². The number of hydrogen-bond donors (Lipinski definition) is 0. The summed E-state index contributed by atoms with van der Waals surface area (Å²) in [5.74, 6) is 0.961. The van der Waals surface area contributed by atoms with Gasteiger partial charge in [-0.25, -0.2) is 4.57 Å². The average molecular weight is 395 g/mol. The largest absolute Gasteiger partial charge is 0.530 e. The molecule has 3 nitrogen and oxygen atoms in total. The summed E-state index contributed by atoms with van der Waals surface area (Å²) in [5.41, 5.74) is 1.01. The zero-order chi connectivity index (χ0) is 18.7. The Kier molecular flexibility index (Phi) is 9.08. The second kappa shape index (κ2) is 11.3. The standard InChI is InChI=1S/C21H28ClO3P/c1-2-3-4-5-6-7-9-14-19-15-12-13-18-21(19)25-26(22,23)24-20-16-10-8-11-17-20/h8,10-13,15-18H,2-7,9,14H2,1H3. The lowest BCUT2D eigenvalue weighted by atomic mass is 10.0. The highest BCUT2D eigenvalue weighted by Gasteiger charge is 2.25. The lowest BCUT2D eigenvalue weighted by Gasteiger charge is -2.16. The van der Waals surface area contributed by atoms with Crippen molar-refractivity contribution in [2.75, 3.05) is 0 Å². The number of aryl methyl sites for hydroxylation is 1. The molecule has 2 aromatic carbocycles. The summed E-state index contributed by atoms with van der Waals surface area (Å²) >= 11 is 6.02. The van der Waals surface area contributed by atoms with Crippen molar-refractivity contribution in [1.82, 2.24) is 0 Å². The third kappa shape index (κ3) is 7.85. The minimum Gasteiger partial charge on any atom is -0.405 e. The molecule has 0 saturated heterocycles. The van der Waals surface area contributed by atoms with E-state index in [0.717, 1.165) is 18.4 Å². The molecule has 0 aliphatic carbocycles. The molecule has 0 N–H and O–H groups in total. The van der Waals surface area contributed by atoms with E-state index in [0.29, 0.717) is 11.5 Å². The van der Waals surface area contributed by atoms with Gasteiger partial charge in [0.2, 0.25) is 0 Å². The summed E-state index contributed by atoms with van der Waals surface area (Å²) in [6.45, 7) is -1.52. The Hall–Kier alpha value is -1.44. The van der Waals surface area contributed by atoms with Gasteiger partial charge in [0.15, 0.2) is 0 Å². The van der Waals surface area contributed by atoms with Crippen LogP contribution >= 0.6 is 18.2 Å². The minimum absolute atomic E-state index is 0.426. The Bertz CT molecular complexity index is 691. The van der Waals surface area contributed by atoms with Gasteiger partial charge in [-0.1, -0.05) is 81.8 Å². The van der Waals surface area contributed by atoms with Crippen molar-refractivity contribution in [2.45, 2.75) is 58.3 Å². The molecule has 0 aliphatic heterocycles. The third-order valence-corrected chi connectivity index (χ3v) is 5.45. The van der Waals surface area contributed by atoms with Crippen LogP contribution in [0.2, 0.25) is 0 Å². The molecular weight excluding hydrogens is 367 g/mol. The maximum absolute atomic E-state index is 12.5. The molecule has 142 valence electrons. The van der Waals surface area contributed by atoms with E-state index in [1.54, 1.807) is 30.3 Å². The summed E-state index contributed by atoms with van der Waals surface area (Å²) in [6, 6.07) is 16.4. The number of rotatable bonds is 12. The van der Waals surface area contributed by atoms with E-state index >= 15 is 0 Å². The van der Waals surface area contributed by atoms with E-state index in [1.165, 1.54) is 38.5 Å². The Balaban J connectivity index is 1.86. The van der Waals surface area contributed by atoms with Crippen LogP contribution in [0.1, 0.15) is 57.4 Å². The van der Waals surface area contributed by atoms with Gasteiger partial charge in [-0.15, -0.1) is 0 Å². The van der Waals surface area contributed by atoms with Gasteiger partial charge in [-0.05, 0) is 36.6 Å². The van der Waals surface area contributed by atoms with Gasteiger partial charge >= 0.3 is 6.95 Å². The highest BCUT2D eigenvalue weighted by Crippen LogP contribution is 2.53. The van der Waals surface area contributed by atoms with E-state index in [1.807, 2.05) is 24.3 Å². The van der Waals surface area contributed by atoms with Crippen molar-refractivity contribution < 1.29 is 13.6 Å². The number of unbranched alkanes of at least 4 members (excludes halogenated alkanes) is 6. The molecule has 0 radical (unpaired) electrons. The van der Waals surface area contributed by atoms with Crippen LogP contribution in [0.25, 0.3) is 0 Å². The summed E-state index contributed by atoms with van der Waals surface area (Å²) in [6.07, 6.45) is 9.63. The Morgan fingerprint density at radius 1 is 0.808 bits per heavy atom. The average Bonchev–Trinajstić information content (AvgIpc) is 2.62. The first kappa shape index (κ1) is 20.9. The van der Waals surface area contributed by atoms with Crippen LogP contribution in [0, 0.1) is 0 Å². The predicted molar refractivity (Wildman–Crippen MR) is 109 cm³/mol. The maximum atomic E-state index is 12.5. The van der Waals surface area contributed by atoms with Crippen molar-refractivity contribution in [3.05, 3.63) is 60.2 Å². The van der Waals surface area contributed by atoms with E-state index in [4.69, 9.17) is 20.3 Å². The normalized spacial score (nSPS) is 13.2.